The van der Waals surface area contributed by atoms with Gasteiger partial charge in [-0.3, -0.25) is 0 Å². The van der Waals surface area contributed by atoms with Gasteiger partial charge in [-0.15, -0.1) is 0 Å². The van der Waals surface area contributed by atoms with Crippen LogP contribution in [-0.4, -0.2) is 21.9 Å². The number of nitrogens with two attached hydrogens (primary N) is 1. The summed E-state index contributed by atoms with van der Waals surface area (Å²) >= 11 is 0. The first-order valence-corrected chi connectivity index (χ1v) is 6.59. The molecule has 3 rings (SSSR count). The van der Waals surface area contributed by atoms with Crippen molar-refractivity contribution in [3.8, 4) is 28.5 Å². The number of rotatable bonds is 3. The molecule has 0 unspecified atom stereocenters. The Morgan fingerprint density at radius 2 is 1.81 bits per heavy atom. The number of nitrogen functional groups attached to an aromatic ring is 1. The second-order valence-electron chi connectivity index (χ2n) is 4.71. The van der Waals surface area contributed by atoms with Gasteiger partial charge in [-0.05, 0) is 18.2 Å². The van der Waals surface area contributed by atoms with Crippen molar-refractivity contribution in [3.63, 3.8) is 0 Å². The van der Waals surface area contributed by atoms with E-state index in [2.05, 4.69) is 10.1 Å². The zero-order valence-electron chi connectivity index (χ0n) is 11.9. The summed E-state index contributed by atoms with van der Waals surface area (Å²) < 4.78 is 6.93. The second-order valence-corrected chi connectivity index (χ2v) is 4.71. The molecular weight excluding hydrogens is 264 g/mol. The first kappa shape index (κ1) is 13.2. The van der Waals surface area contributed by atoms with Crippen LogP contribution >= 0.6 is 0 Å². The highest BCUT2D eigenvalue weighted by Crippen LogP contribution is 2.28. The van der Waals surface area contributed by atoms with E-state index in [0.29, 0.717) is 17.3 Å². The molecule has 0 atom stereocenters. The number of benzene rings is 2. The van der Waals surface area contributed by atoms with Crippen molar-refractivity contribution in [3.05, 3.63) is 48.5 Å². The van der Waals surface area contributed by atoms with Gasteiger partial charge in [-0.25, -0.2) is 9.67 Å². The molecule has 0 aliphatic heterocycles. The summed E-state index contributed by atoms with van der Waals surface area (Å²) in [6, 6.07) is 15.5. The molecule has 21 heavy (non-hydrogen) atoms. The maximum atomic E-state index is 5.95. The summed E-state index contributed by atoms with van der Waals surface area (Å²) in [5, 5.41) is 4.46. The Kier molecular flexibility index (Phi) is 3.31. The zero-order valence-corrected chi connectivity index (χ0v) is 11.9. The van der Waals surface area contributed by atoms with Gasteiger partial charge in [-0.2, -0.15) is 5.10 Å². The average molecular weight is 280 g/mol. The predicted octanol–water partition coefficient (Wildman–Crippen LogP) is 2.74. The predicted molar refractivity (Wildman–Crippen MR) is 82.8 cm³/mol. The largest absolute Gasteiger partial charge is 0.495 e. The fourth-order valence-corrected chi connectivity index (χ4v) is 2.22. The van der Waals surface area contributed by atoms with Crippen LogP contribution in [-0.2, 0) is 7.05 Å². The Morgan fingerprint density at radius 3 is 2.48 bits per heavy atom. The van der Waals surface area contributed by atoms with E-state index in [9.17, 15) is 0 Å². The number of nitrogens with zero attached hydrogens (tertiary/aromatic N) is 3. The maximum absolute atomic E-state index is 5.95. The summed E-state index contributed by atoms with van der Waals surface area (Å²) in [6.45, 7) is 0. The Balaban J connectivity index is 2.04. The van der Waals surface area contributed by atoms with Crippen LogP contribution in [0.5, 0.6) is 5.75 Å². The number of methoxy groups -OCH3 is 1. The van der Waals surface area contributed by atoms with Gasteiger partial charge in [0, 0.05) is 18.2 Å². The van der Waals surface area contributed by atoms with E-state index in [4.69, 9.17) is 10.5 Å². The molecule has 0 saturated carbocycles. The molecule has 0 saturated heterocycles. The number of anilines is 1. The van der Waals surface area contributed by atoms with Crippen LogP contribution in [0, 0.1) is 0 Å². The Bertz CT molecular complexity index is 765. The molecule has 0 amide bonds. The third-order valence-electron chi connectivity index (χ3n) is 3.28. The highest BCUT2D eigenvalue weighted by molar-refractivity contribution is 5.68. The first-order valence-electron chi connectivity index (χ1n) is 6.59. The van der Waals surface area contributed by atoms with Crippen LogP contribution in [0.3, 0.4) is 0 Å². The molecule has 0 radical (unpaired) electrons. The lowest BCUT2D eigenvalue weighted by atomic mass is 10.1. The van der Waals surface area contributed by atoms with Crippen molar-refractivity contribution < 1.29 is 4.74 Å². The fourth-order valence-electron chi connectivity index (χ4n) is 2.22. The van der Waals surface area contributed by atoms with E-state index in [1.54, 1.807) is 11.8 Å². The minimum Gasteiger partial charge on any atom is -0.495 e. The molecule has 0 spiro atoms. The van der Waals surface area contributed by atoms with Crippen LogP contribution < -0.4 is 10.5 Å². The van der Waals surface area contributed by atoms with Crippen molar-refractivity contribution in [1.82, 2.24) is 14.8 Å². The maximum Gasteiger partial charge on any atom is 0.181 e. The lowest BCUT2D eigenvalue weighted by molar-refractivity contribution is 0.417. The van der Waals surface area contributed by atoms with Crippen LogP contribution in [0.2, 0.25) is 0 Å². The quantitative estimate of drug-likeness (QED) is 0.749. The zero-order chi connectivity index (χ0) is 14.8. The molecule has 2 aromatic carbocycles. The highest BCUT2D eigenvalue weighted by atomic mass is 16.5. The monoisotopic (exact) mass is 280 g/mol. The molecular formula is C16H16N4O. The molecule has 3 aromatic rings. The van der Waals surface area contributed by atoms with Crippen LogP contribution in [0.4, 0.5) is 5.69 Å². The Morgan fingerprint density at radius 1 is 1.05 bits per heavy atom. The normalized spacial score (nSPS) is 10.6. The van der Waals surface area contributed by atoms with Crippen molar-refractivity contribution >= 4 is 5.69 Å². The molecule has 5 nitrogen and oxygen atoms in total. The van der Waals surface area contributed by atoms with Crippen LogP contribution in [0.1, 0.15) is 0 Å². The third kappa shape index (κ3) is 2.45. The molecule has 1 aromatic heterocycles. The number of aromatic nitrogens is 3. The molecule has 106 valence electrons. The van der Waals surface area contributed by atoms with Gasteiger partial charge >= 0.3 is 0 Å². The summed E-state index contributed by atoms with van der Waals surface area (Å²) in [5.41, 5.74) is 8.43. The van der Waals surface area contributed by atoms with Gasteiger partial charge in [0.25, 0.3) is 0 Å². The third-order valence-corrected chi connectivity index (χ3v) is 3.28. The van der Waals surface area contributed by atoms with Gasteiger partial charge in [0.05, 0.1) is 12.8 Å². The lowest BCUT2D eigenvalue weighted by Gasteiger charge is -2.06. The van der Waals surface area contributed by atoms with E-state index < -0.39 is 0 Å². The van der Waals surface area contributed by atoms with E-state index in [1.165, 1.54) is 0 Å². The van der Waals surface area contributed by atoms with Gasteiger partial charge in [0.15, 0.2) is 11.6 Å². The molecule has 0 aliphatic rings. The van der Waals surface area contributed by atoms with Crippen molar-refractivity contribution in [2.75, 3.05) is 12.8 Å². The van der Waals surface area contributed by atoms with E-state index in [1.807, 2.05) is 55.6 Å². The number of aryl methyl sites for hydroxylation is 1. The molecule has 0 aliphatic carbocycles. The standard InChI is InChI=1S/C16H16N4O/c1-20-16(12-8-9-14(21-2)13(17)10-12)18-15(19-20)11-6-4-3-5-7-11/h3-10H,17H2,1-2H3. The van der Waals surface area contributed by atoms with Crippen molar-refractivity contribution in [2.45, 2.75) is 0 Å². The highest BCUT2D eigenvalue weighted by Gasteiger charge is 2.12. The molecule has 5 heteroatoms. The molecule has 1 heterocycles. The van der Waals surface area contributed by atoms with Crippen molar-refractivity contribution in [1.29, 1.82) is 0 Å². The smallest absolute Gasteiger partial charge is 0.181 e. The van der Waals surface area contributed by atoms with Crippen LogP contribution in [0.25, 0.3) is 22.8 Å². The van der Waals surface area contributed by atoms with Crippen LogP contribution in [0.15, 0.2) is 48.5 Å². The van der Waals surface area contributed by atoms with E-state index in [0.717, 1.165) is 17.0 Å². The van der Waals surface area contributed by atoms with Gasteiger partial charge in [0.1, 0.15) is 5.75 Å². The van der Waals surface area contributed by atoms with E-state index >= 15 is 0 Å². The van der Waals surface area contributed by atoms with Crippen molar-refractivity contribution in [2.24, 2.45) is 7.05 Å². The summed E-state index contributed by atoms with van der Waals surface area (Å²) in [4.78, 5) is 4.60. The van der Waals surface area contributed by atoms with E-state index in [-0.39, 0.29) is 0 Å². The number of ether oxygens (including phenoxy) is 1. The minimum atomic E-state index is 0.583. The SMILES string of the molecule is COc1ccc(-c2nc(-c3ccccc3)nn2C)cc1N. The summed E-state index contributed by atoms with van der Waals surface area (Å²) in [5.74, 6) is 2.12. The Labute approximate surface area is 123 Å². The number of hydrogen-bond acceptors (Lipinski definition) is 4. The molecule has 0 bridgehead atoms. The Hall–Kier alpha value is -2.82. The van der Waals surface area contributed by atoms with Gasteiger partial charge < -0.3 is 10.5 Å². The van der Waals surface area contributed by atoms with Gasteiger partial charge in [-0.1, -0.05) is 30.3 Å². The average Bonchev–Trinajstić information content (AvgIpc) is 2.90. The second kappa shape index (κ2) is 5.28. The fraction of sp³-hybridized carbons (Fsp3) is 0.125. The number of hydrogen-bond donors (Lipinski definition) is 1. The summed E-state index contributed by atoms with van der Waals surface area (Å²) in [6.07, 6.45) is 0. The molecule has 2 N–H and O–H groups in total. The lowest BCUT2D eigenvalue weighted by Crippen LogP contribution is -1.97. The molecule has 0 fully saturated rings. The van der Waals surface area contributed by atoms with Gasteiger partial charge in [0.2, 0.25) is 0 Å². The topological polar surface area (TPSA) is 66.0 Å². The summed E-state index contributed by atoms with van der Waals surface area (Å²) in [7, 11) is 3.47. The minimum absolute atomic E-state index is 0.583. The first-order chi connectivity index (χ1) is 10.2.